The number of hydrogen-bond acceptors (Lipinski definition) is 4. The van der Waals surface area contributed by atoms with Crippen molar-refractivity contribution in [3.8, 4) is 0 Å². The van der Waals surface area contributed by atoms with Gasteiger partial charge in [0.1, 0.15) is 18.0 Å². The Balaban J connectivity index is 1.02. The molecule has 0 spiro atoms. The number of carbonyl (C=O) groups excluding carboxylic acids is 2. The van der Waals surface area contributed by atoms with Gasteiger partial charge in [-0.2, -0.15) is 0 Å². The highest BCUT2D eigenvalue weighted by Gasteiger charge is 2.68. The van der Waals surface area contributed by atoms with Gasteiger partial charge in [0, 0.05) is 11.8 Å². The topological polar surface area (TPSA) is 52.6 Å². The van der Waals surface area contributed by atoms with Crippen molar-refractivity contribution >= 4 is 57.1 Å². The fraction of sp³-hybridized carbons (Fsp3) is 0.944. The molecule has 15 atom stereocenters. The van der Waals surface area contributed by atoms with Crippen molar-refractivity contribution in [3.63, 3.8) is 0 Å². The molecule has 7 aliphatic carbocycles. The minimum absolute atomic E-state index is 0.0242. The van der Waals surface area contributed by atoms with Crippen LogP contribution in [0.5, 0.6) is 0 Å². The third-order valence-corrected chi connectivity index (χ3v) is 17.8. The van der Waals surface area contributed by atoms with Crippen LogP contribution in [0.2, 0.25) is 0 Å². The van der Waals surface area contributed by atoms with Gasteiger partial charge < -0.3 is 9.47 Å². The number of fused-ring (bicyclic) bond motifs is 14. The summed E-state index contributed by atoms with van der Waals surface area (Å²) in [7, 11) is 0. The molecular formula is C36H54I2O4. The number of esters is 2. The average Bonchev–Trinajstić information content (AvgIpc) is 3.77. The fourth-order valence-corrected chi connectivity index (χ4v) is 13.7. The predicted molar refractivity (Wildman–Crippen MR) is 182 cm³/mol. The molecule has 0 saturated heterocycles. The van der Waals surface area contributed by atoms with Gasteiger partial charge in [-0.1, -0.05) is 72.9 Å². The van der Waals surface area contributed by atoms with E-state index < -0.39 is 6.84 Å². The lowest BCUT2D eigenvalue weighted by molar-refractivity contribution is -0.180. The summed E-state index contributed by atoms with van der Waals surface area (Å²) in [6.07, 6.45) is 14.0. The van der Waals surface area contributed by atoms with Crippen LogP contribution in [0.4, 0.5) is 0 Å². The molecule has 7 fully saturated rings. The summed E-state index contributed by atoms with van der Waals surface area (Å²) >= 11 is 4.79. The fourth-order valence-electron chi connectivity index (χ4n) is 12.9. The van der Waals surface area contributed by atoms with Crippen LogP contribution in [0.1, 0.15) is 119 Å². The monoisotopic (exact) mass is 804 g/mol. The first-order valence-electron chi connectivity index (χ1n) is 17.6. The van der Waals surface area contributed by atoms with Crippen LogP contribution in [-0.4, -0.2) is 30.0 Å². The van der Waals surface area contributed by atoms with Crippen molar-refractivity contribution < 1.29 is 19.1 Å². The van der Waals surface area contributed by atoms with Crippen molar-refractivity contribution in [1.82, 2.24) is 0 Å². The maximum Gasteiger partial charge on any atom is 0.322 e. The lowest BCUT2D eigenvalue weighted by atomic mass is 9.66. The highest BCUT2D eigenvalue weighted by Crippen LogP contribution is 2.71. The Morgan fingerprint density at radius 2 is 1.48 bits per heavy atom. The molecule has 42 heavy (non-hydrogen) atoms. The van der Waals surface area contributed by atoms with Gasteiger partial charge in [0.05, 0.1) is 0 Å². The molecule has 0 aromatic heterocycles. The molecule has 236 valence electrons. The van der Waals surface area contributed by atoms with E-state index in [1.807, 2.05) is 6.92 Å². The Morgan fingerprint density at radius 1 is 0.810 bits per heavy atom. The van der Waals surface area contributed by atoms with Gasteiger partial charge in [0.15, 0.2) is 0 Å². The van der Waals surface area contributed by atoms with Crippen LogP contribution in [0.25, 0.3) is 0 Å². The second-order valence-corrected chi connectivity index (χ2v) is 21.5. The summed E-state index contributed by atoms with van der Waals surface area (Å²) in [5.74, 6) is 8.44. The van der Waals surface area contributed by atoms with Gasteiger partial charge in [-0.3, -0.25) is 9.59 Å². The molecular weight excluding hydrogens is 750 g/mol. The number of carbonyl (C=O) groups is 2. The van der Waals surface area contributed by atoms with E-state index in [-0.39, 0.29) is 23.1 Å². The van der Waals surface area contributed by atoms with Gasteiger partial charge in [-0.15, -0.1) is 0 Å². The highest BCUT2D eigenvalue weighted by atomic mass is 127. The predicted octanol–water partition coefficient (Wildman–Crippen LogP) is 9.19. The zero-order chi connectivity index (χ0) is 30.0. The summed E-state index contributed by atoms with van der Waals surface area (Å²) in [6, 6.07) is 0. The number of halogens is 2. The molecule has 7 saturated carbocycles. The van der Waals surface area contributed by atoms with E-state index in [4.69, 9.17) is 9.47 Å². The first kappa shape index (κ1) is 31.0. The molecule has 0 aliphatic heterocycles. The van der Waals surface area contributed by atoms with E-state index in [9.17, 15) is 9.59 Å². The van der Waals surface area contributed by atoms with E-state index in [0.29, 0.717) is 35.5 Å². The van der Waals surface area contributed by atoms with Gasteiger partial charge in [0.2, 0.25) is 0 Å². The zero-order valence-corrected chi connectivity index (χ0v) is 31.1. The van der Waals surface area contributed by atoms with Crippen LogP contribution in [0.3, 0.4) is 0 Å². The lowest BCUT2D eigenvalue weighted by Gasteiger charge is -2.46. The number of ether oxygens (including phenoxy) is 2. The Hall–Kier alpha value is 0.400. The number of hydrogen-bond donors (Lipinski definition) is 0. The molecule has 0 heterocycles. The molecule has 7 aliphatic rings. The normalized spacial score (nSPS) is 50.5. The van der Waals surface area contributed by atoms with E-state index >= 15 is 0 Å². The zero-order valence-electron chi connectivity index (χ0n) is 26.8. The average molecular weight is 805 g/mol. The summed E-state index contributed by atoms with van der Waals surface area (Å²) in [6.45, 7) is 13.1. The largest absolute Gasteiger partial charge is 0.458 e. The van der Waals surface area contributed by atoms with Crippen molar-refractivity contribution in [1.29, 1.82) is 0 Å². The smallest absolute Gasteiger partial charge is 0.322 e. The summed E-state index contributed by atoms with van der Waals surface area (Å²) < 4.78 is 12.4. The molecule has 0 radical (unpaired) electrons. The molecule has 6 heteroatoms. The van der Waals surface area contributed by atoms with E-state index in [2.05, 4.69) is 79.8 Å². The van der Waals surface area contributed by atoms with Crippen LogP contribution in [0.15, 0.2) is 0 Å². The van der Waals surface area contributed by atoms with Crippen molar-refractivity contribution in [2.24, 2.45) is 71.0 Å². The van der Waals surface area contributed by atoms with Crippen molar-refractivity contribution in [2.45, 2.75) is 137 Å². The standard InChI is InChI=1S/C36H54I2O4/c1-7-33(5,37)31(39)42-36(19(3)4)18-23-14-27(36)26-12-20(11-25(23)26)16-35(38,8-2)32(40)41-34(6)17-24-15-28(34)30-22-10-9-21(13-22)29(24)30/h19-30H,7-18H2,1-6H3. The minimum Gasteiger partial charge on any atom is -0.458 e. The Labute approximate surface area is 282 Å². The van der Waals surface area contributed by atoms with E-state index in [0.717, 1.165) is 67.6 Å². The molecule has 6 bridgehead atoms. The third-order valence-electron chi connectivity index (χ3n) is 14.9. The van der Waals surface area contributed by atoms with Gasteiger partial charge >= 0.3 is 11.9 Å². The second-order valence-electron chi connectivity index (χ2n) is 17.0. The first-order valence-corrected chi connectivity index (χ1v) is 19.8. The molecule has 0 amide bonds. The number of rotatable bonds is 9. The Morgan fingerprint density at radius 3 is 2.14 bits per heavy atom. The molecule has 15 unspecified atom stereocenters. The molecule has 4 nitrogen and oxygen atoms in total. The molecule has 7 rings (SSSR count). The maximum atomic E-state index is 14.1. The Kier molecular flexibility index (Phi) is 7.72. The minimum atomic E-state index is -0.463. The van der Waals surface area contributed by atoms with E-state index in [1.54, 1.807) is 0 Å². The van der Waals surface area contributed by atoms with Gasteiger partial charge in [0.25, 0.3) is 0 Å². The van der Waals surface area contributed by atoms with Crippen LogP contribution < -0.4 is 0 Å². The van der Waals surface area contributed by atoms with Crippen LogP contribution in [-0.2, 0) is 19.1 Å². The maximum absolute atomic E-state index is 14.1. The van der Waals surface area contributed by atoms with Gasteiger partial charge in [-0.25, -0.2) is 0 Å². The highest BCUT2D eigenvalue weighted by molar-refractivity contribution is 14.1. The molecule has 0 N–H and O–H groups in total. The lowest BCUT2D eigenvalue weighted by Crippen LogP contribution is -2.51. The first-order chi connectivity index (χ1) is 19.7. The van der Waals surface area contributed by atoms with E-state index in [1.165, 1.54) is 44.9 Å². The summed E-state index contributed by atoms with van der Waals surface area (Å²) in [5.41, 5.74) is -0.574. The van der Waals surface area contributed by atoms with Crippen molar-refractivity contribution in [3.05, 3.63) is 0 Å². The second kappa shape index (κ2) is 10.5. The van der Waals surface area contributed by atoms with Crippen LogP contribution in [0, 0.1) is 71.0 Å². The molecule has 0 aromatic rings. The quantitative estimate of drug-likeness (QED) is 0.101. The third kappa shape index (κ3) is 4.47. The summed E-state index contributed by atoms with van der Waals surface area (Å²) in [5, 5.41) is 0. The Bertz CT molecular complexity index is 1120. The van der Waals surface area contributed by atoms with Crippen LogP contribution >= 0.6 is 45.2 Å². The SMILES string of the molecule is CCC(C)(I)C(=O)OC1(C(C)C)CC2CC1C1CC(CC(I)(CC)C(=O)OC3(C)CC4CC3C3C5CCC(C5)C43)CC21. The molecule has 0 aromatic carbocycles. The van der Waals surface area contributed by atoms with Gasteiger partial charge in [-0.05, 0) is 150 Å². The summed E-state index contributed by atoms with van der Waals surface area (Å²) in [4.78, 5) is 27.4. The number of alkyl halides is 2. The van der Waals surface area contributed by atoms with Crippen molar-refractivity contribution in [2.75, 3.05) is 0 Å².